The Morgan fingerprint density at radius 3 is 2.32 bits per heavy atom. The minimum atomic E-state index is -4.52. The quantitative estimate of drug-likeness (QED) is 0.779. The Labute approximate surface area is 161 Å². The number of rotatable bonds is 3. The topological polar surface area (TPSA) is 64.4 Å². The van der Waals surface area contributed by atoms with Gasteiger partial charge in [-0.2, -0.15) is 22.7 Å². The van der Waals surface area contributed by atoms with Crippen LogP contribution in [0.3, 0.4) is 0 Å². The molecule has 0 aromatic heterocycles. The van der Waals surface area contributed by atoms with Crippen LogP contribution in [0.2, 0.25) is 0 Å². The Bertz CT molecular complexity index is 986. The smallest absolute Gasteiger partial charge is 0.369 e. The molecule has 0 spiro atoms. The highest BCUT2D eigenvalue weighted by Crippen LogP contribution is 2.33. The molecule has 0 saturated carbocycles. The SMILES string of the molecule is N#Cc1cc(C(F)(F)F)ccc1N1CCCN(S(=O)(=O)c2ccccc2)CC1. The van der Waals surface area contributed by atoms with Gasteiger partial charge in [-0.3, -0.25) is 0 Å². The summed E-state index contributed by atoms with van der Waals surface area (Å²) >= 11 is 0. The van der Waals surface area contributed by atoms with Crippen LogP contribution in [0.4, 0.5) is 18.9 Å². The molecule has 0 aliphatic carbocycles. The van der Waals surface area contributed by atoms with Gasteiger partial charge in [0.1, 0.15) is 6.07 Å². The highest BCUT2D eigenvalue weighted by Gasteiger charge is 2.32. The second-order valence-corrected chi connectivity index (χ2v) is 8.34. The zero-order valence-electron chi connectivity index (χ0n) is 14.9. The second kappa shape index (κ2) is 7.81. The summed E-state index contributed by atoms with van der Waals surface area (Å²) in [6.45, 7) is 1.21. The summed E-state index contributed by atoms with van der Waals surface area (Å²) in [5, 5.41) is 9.29. The van der Waals surface area contributed by atoms with E-state index in [1.165, 1.54) is 22.5 Å². The largest absolute Gasteiger partial charge is 0.416 e. The minimum Gasteiger partial charge on any atom is -0.369 e. The van der Waals surface area contributed by atoms with E-state index in [1.54, 1.807) is 23.1 Å². The van der Waals surface area contributed by atoms with Crippen LogP contribution >= 0.6 is 0 Å². The van der Waals surface area contributed by atoms with E-state index >= 15 is 0 Å². The van der Waals surface area contributed by atoms with Crippen molar-refractivity contribution in [1.82, 2.24) is 4.31 Å². The first kappa shape index (κ1) is 20.2. The van der Waals surface area contributed by atoms with Gasteiger partial charge >= 0.3 is 6.18 Å². The van der Waals surface area contributed by atoms with Crippen molar-refractivity contribution in [2.24, 2.45) is 0 Å². The molecule has 0 amide bonds. The lowest BCUT2D eigenvalue weighted by Crippen LogP contribution is -2.35. The van der Waals surface area contributed by atoms with Crippen molar-refractivity contribution in [3.05, 3.63) is 59.7 Å². The van der Waals surface area contributed by atoms with Gasteiger partial charge in [-0.05, 0) is 36.8 Å². The number of anilines is 1. The van der Waals surface area contributed by atoms with E-state index in [0.717, 1.165) is 12.1 Å². The first-order chi connectivity index (χ1) is 13.2. The molecule has 0 unspecified atom stereocenters. The molecular weight excluding hydrogens is 391 g/mol. The third kappa shape index (κ3) is 4.13. The van der Waals surface area contributed by atoms with Crippen LogP contribution in [-0.2, 0) is 16.2 Å². The van der Waals surface area contributed by atoms with Crippen molar-refractivity contribution >= 4 is 15.7 Å². The molecule has 0 atom stereocenters. The van der Waals surface area contributed by atoms with Crippen LogP contribution < -0.4 is 4.90 Å². The van der Waals surface area contributed by atoms with E-state index in [-0.39, 0.29) is 23.5 Å². The van der Waals surface area contributed by atoms with Crippen molar-refractivity contribution in [2.75, 3.05) is 31.1 Å². The minimum absolute atomic E-state index is 0.0748. The van der Waals surface area contributed by atoms with Gasteiger partial charge in [0, 0.05) is 26.2 Å². The number of nitrogens with zero attached hydrogens (tertiary/aromatic N) is 3. The van der Waals surface area contributed by atoms with Crippen LogP contribution in [0.25, 0.3) is 0 Å². The van der Waals surface area contributed by atoms with Crippen LogP contribution in [-0.4, -0.2) is 38.9 Å². The Kier molecular flexibility index (Phi) is 5.63. The van der Waals surface area contributed by atoms with Gasteiger partial charge in [0.05, 0.1) is 21.7 Å². The van der Waals surface area contributed by atoms with Gasteiger partial charge in [-0.1, -0.05) is 18.2 Å². The molecule has 9 heteroatoms. The lowest BCUT2D eigenvalue weighted by molar-refractivity contribution is -0.137. The first-order valence-electron chi connectivity index (χ1n) is 8.65. The van der Waals surface area contributed by atoms with Crippen LogP contribution in [0.1, 0.15) is 17.5 Å². The summed E-state index contributed by atoms with van der Waals surface area (Å²) in [4.78, 5) is 1.97. The fourth-order valence-corrected chi connectivity index (χ4v) is 4.68. The number of benzene rings is 2. The van der Waals surface area contributed by atoms with Gasteiger partial charge in [0.2, 0.25) is 10.0 Å². The van der Waals surface area contributed by atoms with Crippen molar-refractivity contribution in [3.8, 4) is 6.07 Å². The van der Waals surface area contributed by atoms with E-state index in [9.17, 15) is 26.9 Å². The predicted octanol–water partition coefficient (Wildman–Crippen LogP) is 3.48. The highest BCUT2D eigenvalue weighted by atomic mass is 32.2. The molecule has 28 heavy (non-hydrogen) atoms. The van der Waals surface area contributed by atoms with Crippen LogP contribution in [0.5, 0.6) is 0 Å². The molecule has 1 aliphatic heterocycles. The number of nitriles is 1. The summed E-state index contributed by atoms with van der Waals surface area (Å²) in [6.07, 6.45) is -4.03. The molecule has 0 bridgehead atoms. The third-order valence-corrected chi connectivity index (χ3v) is 6.53. The van der Waals surface area contributed by atoms with Gasteiger partial charge in [0.15, 0.2) is 0 Å². The maximum absolute atomic E-state index is 12.9. The Morgan fingerprint density at radius 1 is 0.964 bits per heavy atom. The number of sulfonamides is 1. The number of hydrogen-bond donors (Lipinski definition) is 0. The molecule has 148 valence electrons. The molecule has 0 N–H and O–H groups in total. The molecular formula is C19H18F3N3O2S. The number of alkyl halides is 3. The van der Waals surface area contributed by atoms with Gasteiger partial charge in [0.25, 0.3) is 0 Å². The van der Waals surface area contributed by atoms with Gasteiger partial charge in [-0.25, -0.2) is 8.42 Å². The normalized spacial score (nSPS) is 16.4. The molecule has 1 fully saturated rings. The first-order valence-corrected chi connectivity index (χ1v) is 10.1. The van der Waals surface area contributed by atoms with Crippen LogP contribution in [0, 0.1) is 11.3 Å². The van der Waals surface area contributed by atoms with E-state index in [0.29, 0.717) is 25.2 Å². The van der Waals surface area contributed by atoms with Crippen molar-refractivity contribution < 1.29 is 21.6 Å². The summed E-state index contributed by atoms with van der Waals surface area (Å²) in [7, 11) is -3.64. The summed E-state index contributed by atoms with van der Waals surface area (Å²) in [5.74, 6) is 0. The highest BCUT2D eigenvalue weighted by molar-refractivity contribution is 7.89. The maximum atomic E-state index is 12.9. The Morgan fingerprint density at radius 2 is 1.68 bits per heavy atom. The molecule has 1 heterocycles. The Hall–Kier alpha value is -2.57. The molecule has 1 saturated heterocycles. The summed E-state index contributed by atoms with van der Waals surface area (Å²) < 4.78 is 65.6. The standard InChI is InChI=1S/C19H18F3N3O2S/c20-19(21,22)16-7-8-18(15(13-16)14-23)24-9-4-10-25(12-11-24)28(26,27)17-5-2-1-3-6-17/h1-3,5-8,13H,4,9-12H2. The fraction of sp³-hybridized carbons (Fsp3) is 0.316. The van der Waals surface area contributed by atoms with E-state index in [4.69, 9.17) is 0 Å². The summed E-state index contributed by atoms with van der Waals surface area (Å²) in [6, 6.07) is 13.0. The lowest BCUT2D eigenvalue weighted by atomic mass is 10.1. The molecule has 2 aromatic carbocycles. The van der Waals surface area contributed by atoms with E-state index in [2.05, 4.69) is 0 Å². The van der Waals surface area contributed by atoms with Gasteiger partial charge < -0.3 is 4.90 Å². The van der Waals surface area contributed by atoms with Crippen molar-refractivity contribution in [1.29, 1.82) is 5.26 Å². The third-order valence-electron chi connectivity index (χ3n) is 4.62. The maximum Gasteiger partial charge on any atom is 0.416 e. The number of halogens is 3. The molecule has 1 aliphatic rings. The summed E-state index contributed by atoms with van der Waals surface area (Å²) in [5.41, 5.74) is -0.570. The zero-order valence-corrected chi connectivity index (χ0v) is 15.7. The molecule has 0 radical (unpaired) electrons. The molecule has 2 aromatic rings. The average molecular weight is 409 g/mol. The lowest BCUT2D eigenvalue weighted by Gasteiger charge is -2.25. The van der Waals surface area contributed by atoms with Crippen molar-refractivity contribution in [3.63, 3.8) is 0 Å². The zero-order chi connectivity index (χ0) is 20.4. The van der Waals surface area contributed by atoms with E-state index in [1.807, 2.05) is 6.07 Å². The Balaban J connectivity index is 1.82. The number of hydrogen-bond acceptors (Lipinski definition) is 4. The van der Waals surface area contributed by atoms with Crippen molar-refractivity contribution in [2.45, 2.75) is 17.5 Å². The van der Waals surface area contributed by atoms with E-state index < -0.39 is 21.8 Å². The predicted molar refractivity (Wildman–Crippen MR) is 98.2 cm³/mol. The molecule has 5 nitrogen and oxygen atoms in total. The average Bonchev–Trinajstić information content (AvgIpc) is 2.94. The van der Waals surface area contributed by atoms with Gasteiger partial charge in [-0.15, -0.1) is 0 Å². The fourth-order valence-electron chi connectivity index (χ4n) is 3.19. The molecule has 3 rings (SSSR count). The monoisotopic (exact) mass is 409 g/mol. The van der Waals surface area contributed by atoms with Crippen LogP contribution in [0.15, 0.2) is 53.4 Å². The second-order valence-electron chi connectivity index (χ2n) is 6.40.